The lowest BCUT2D eigenvalue weighted by Gasteiger charge is -2.05. The Hall–Kier alpha value is -1.75. The third kappa shape index (κ3) is 4.65. The van der Waals surface area contributed by atoms with Gasteiger partial charge in [-0.25, -0.2) is 4.79 Å². The van der Waals surface area contributed by atoms with Gasteiger partial charge in [-0.05, 0) is 24.3 Å². The van der Waals surface area contributed by atoms with Crippen LogP contribution in [-0.4, -0.2) is 25.1 Å². The minimum atomic E-state index is -0.986. The molecule has 5 nitrogen and oxygen atoms in total. The van der Waals surface area contributed by atoms with Gasteiger partial charge in [-0.3, -0.25) is 4.79 Å². The molecular weight excluding hydrogens is 234 g/mol. The highest BCUT2D eigenvalue weighted by atomic mass is 35.5. The molecule has 1 aromatic carbocycles. The average Bonchev–Trinajstić information content (AvgIpc) is 2.25. The van der Waals surface area contributed by atoms with Crippen LogP contribution in [0.15, 0.2) is 24.3 Å². The van der Waals surface area contributed by atoms with Crippen LogP contribution in [-0.2, 0) is 9.53 Å². The third-order valence-electron chi connectivity index (χ3n) is 1.59. The number of benzene rings is 1. The summed E-state index contributed by atoms with van der Waals surface area (Å²) < 4.78 is 9.41. The van der Waals surface area contributed by atoms with Gasteiger partial charge in [0, 0.05) is 5.02 Å². The zero-order valence-electron chi connectivity index (χ0n) is 8.31. The van der Waals surface area contributed by atoms with Crippen molar-refractivity contribution in [2.24, 2.45) is 5.73 Å². The number of primary amides is 1. The molecule has 0 atom stereocenters. The van der Waals surface area contributed by atoms with E-state index < -0.39 is 6.09 Å². The van der Waals surface area contributed by atoms with Crippen LogP contribution in [0.1, 0.15) is 0 Å². The van der Waals surface area contributed by atoms with Crippen molar-refractivity contribution in [3.05, 3.63) is 29.3 Å². The molecule has 0 aliphatic carbocycles. The van der Waals surface area contributed by atoms with Crippen LogP contribution < -0.4 is 10.5 Å². The third-order valence-corrected chi connectivity index (χ3v) is 1.84. The summed E-state index contributed by atoms with van der Waals surface area (Å²) in [6.07, 6.45) is -0.986. The molecule has 0 aromatic heterocycles. The van der Waals surface area contributed by atoms with Gasteiger partial charge in [0.1, 0.15) is 12.4 Å². The molecule has 1 rings (SSSR count). The van der Waals surface area contributed by atoms with Crippen LogP contribution in [0.5, 0.6) is 5.75 Å². The molecule has 0 aliphatic rings. The SMILES string of the molecule is NC(=O)OCC(=O)COc1ccc(Cl)cc1. The normalized spacial score (nSPS) is 9.56. The predicted octanol–water partition coefficient (Wildman–Crippen LogP) is 1.38. The number of Topliss-reactive ketones (excluding diaryl/α,β-unsaturated/α-hetero) is 1. The molecule has 0 saturated carbocycles. The maximum atomic E-state index is 11.1. The highest BCUT2D eigenvalue weighted by molar-refractivity contribution is 6.30. The molecule has 0 spiro atoms. The Kier molecular flexibility index (Phi) is 4.60. The van der Waals surface area contributed by atoms with Crippen molar-refractivity contribution < 1.29 is 19.1 Å². The minimum absolute atomic E-state index is 0.186. The van der Waals surface area contributed by atoms with Crippen molar-refractivity contribution >= 4 is 23.5 Å². The summed E-state index contributed by atoms with van der Waals surface area (Å²) in [6.45, 7) is -0.572. The fourth-order valence-electron chi connectivity index (χ4n) is 0.888. The van der Waals surface area contributed by atoms with Crippen LogP contribution in [0.2, 0.25) is 5.02 Å². The van der Waals surface area contributed by atoms with Gasteiger partial charge in [0.05, 0.1) is 0 Å². The first-order valence-electron chi connectivity index (χ1n) is 4.40. The smallest absolute Gasteiger partial charge is 0.404 e. The molecule has 2 N–H and O–H groups in total. The lowest BCUT2D eigenvalue weighted by atomic mass is 10.3. The largest absolute Gasteiger partial charge is 0.486 e. The topological polar surface area (TPSA) is 78.6 Å². The molecule has 0 aliphatic heterocycles. The number of hydrogen-bond acceptors (Lipinski definition) is 4. The van der Waals surface area contributed by atoms with Crippen LogP contribution in [0.3, 0.4) is 0 Å². The standard InChI is InChI=1S/C10H10ClNO4/c11-7-1-3-9(4-2-7)15-5-8(13)6-16-10(12)14/h1-4H,5-6H2,(H2,12,14). The number of ether oxygens (including phenoxy) is 2. The second-order valence-corrected chi connectivity index (χ2v) is 3.33. The number of hydrogen-bond donors (Lipinski definition) is 1. The molecule has 0 saturated heterocycles. The summed E-state index contributed by atoms with van der Waals surface area (Å²) in [7, 11) is 0. The first-order valence-corrected chi connectivity index (χ1v) is 4.78. The van der Waals surface area contributed by atoms with Crippen LogP contribution >= 0.6 is 11.6 Å². The fraction of sp³-hybridized carbons (Fsp3) is 0.200. The Bertz CT molecular complexity index is 377. The zero-order chi connectivity index (χ0) is 12.0. The lowest BCUT2D eigenvalue weighted by Crippen LogP contribution is -2.22. The monoisotopic (exact) mass is 243 g/mol. The first-order chi connectivity index (χ1) is 7.58. The van der Waals surface area contributed by atoms with Gasteiger partial charge in [0.2, 0.25) is 5.78 Å². The molecule has 16 heavy (non-hydrogen) atoms. The molecule has 6 heteroatoms. The molecule has 0 fully saturated rings. The van der Waals surface area contributed by atoms with E-state index in [0.717, 1.165) is 0 Å². The molecule has 86 valence electrons. The number of carbonyl (C=O) groups is 2. The van der Waals surface area contributed by atoms with Crippen molar-refractivity contribution in [1.29, 1.82) is 0 Å². The van der Waals surface area contributed by atoms with Crippen molar-refractivity contribution in [2.75, 3.05) is 13.2 Å². The molecule has 0 unspecified atom stereocenters. The van der Waals surface area contributed by atoms with E-state index in [2.05, 4.69) is 4.74 Å². The first kappa shape index (κ1) is 12.3. The number of rotatable bonds is 5. The van der Waals surface area contributed by atoms with Gasteiger partial charge in [-0.15, -0.1) is 0 Å². The summed E-state index contributed by atoms with van der Waals surface area (Å²) >= 11 is 5.67. The lowest BCUT2D eigenvalue weighted by molar-refractivity contribution is -0.123. The van der Waals surface area contributed by atoms with Crippen molar-refractivity contribution in [3.63, 3.8) is 0 Å². The van der Waals surface area contributed by atoms with Crippen LogP contribution in [0.25, 0.3) is 0 Å². The maximum Gasteiger partial charge on any atom is 0.404 e. The molecular formula is C10H10ClNO4. The Labute approximate surface area is 97.1 Å². The van der Waals surface area contributed by atoms with Gasteiger partial charge < -0.3 is 15.2 Å². The van der Waals surface area contributed by atoms with E-state index in [1.165, 1.54) is 0 Å². The van der Waals surface area contributed by atoms with Crippen LogP contribution in [0.4, 0.5) is 4.79 Å². The second-order valence-electron chi connectivity index (χ2n) is 2.89. The fourth-order valence-corrected chi connectivity index (χ4v) is 1.01. The molecule has 1 amide bonds. The zero-order valence-corrected chi connectivity index (χ0v) is 9.07. The number of halogens is 1. The number of carbonyl (C=O) groups excluding carboxylic acids is 2. The highest BCUT2D eigenvalue weighted by Gasteiger charge is 2.05. The summed E-state index contributed by atoms with van der Waals surface area (Å²) in [5, 5.41) is 0.579. The minimum Gasteiger partial charge on any atom is -0.486 e. The van der Waals surface area contributed by atoms with Crippen molar-refractivity contribution in [1.82, 2.24) is 0 Å². The van der Waals surface area contributed by atoms with E-state index in [1.54, 1.807) is 24.3 Å². The number of ketones is 1. The molecule has 0 heterocycles. The quantitative estimate of drug-likeness (QED) is 0.847. The van der Waals surface area contributed by atoms with Crippen molar-refractivity contribution in [3.8, 4) is 5.75 Å². The highest BCUT2D eigenvalue weighted by Crippen LogP contribution is 2.15. The Morgan fingerprint density at radius 3 is 2.38 bits per heavy atom. The number of nitrogens with two attached hydrogens (primary N) is 1. The van der Waals surface area contributed by atoms with Gasteiger partial charge >= 0.3 is 6.09 Å². The summed E-state index contributed by atoms with van der Waals surface area (Å²) in [5.41, 5.74) is 4.70. The van der Waals surface area contributed by atoms with Gasteiger partial charge in [0.15, 0.2) is 6.61 Å². The van der Waals surface area contributed by atoms with Crippen molar-refractivity contribution in [2.45, 2.75) is 0 Å². The Morgan fingerprint density at radius 2 is 1.81 bits per heavy atom. The molecule has 1 aromatic rings. The van der Waals surface area contributed by atoms with Gasteiger partial charge in [-0.2, -0.15) is 0 Å². The van der Waals surface area contributed by atoms with Gasteiger partial charge in [0.25, 0.3) is 0 Å². The Balaban J connectivity index is 2.31. The maximum absolute atomic E-state index is 11.1. The summed E-state index contributed by atoms with van der Waals surface area (Å²) in [6, 6.07) is 6.54. The second kappa shape index (κ2) is 5.97. The number of amides is 1. The predicted molar refractivity (Wildman–Crippen MR) is 57.5 cm³/mol. The molecule has 0 radical (unpaired) electrons. The van der Waals surface area contributed by atoms with E-state index in [9.17, 15) is 9.59 Å². The van der Waals surface area contributed by atoms with E-state index in [1.807, 2.05) is 0 Å². The van der Waals surface area contributed by atoms with E-state index >= 15 is 0 Å². The average molecular weight is 244 g/mol. The van der Waals surface area contributed by atoms with E-state index in [-0.39, 0.29) is 19.0 Å². The summed E-state index contributed by atoms with van der Waals surface area (Å²) in [5.74, 6) is 0.130. The Morgan fingerprint density at radius 1 is 1.19 bits per heavy atom. The molecule has 0 bridgehead atoms. The van der Waals surface area contributed by atoms with E-state index in [0.29, 0.717) is 10.8 Å². The van der Waals surface area contributed by atoms with E-state index in [4.69, 9.17) is 22.1 Å². The van der Waals surface area contributed by atoms with Gasteiger partial charge in [-0.1, -0.05) is 11.6 Å². The summed E-state index contributed by atoms with van der Waals surface area (Å²) in [4.78, 5) is 21.3. The van der Waals surface area contributed by atoms with Crippen LogP contribution in [0, 0.1) is 0 Å².